The quantitative estimate of drug-likeness (QED) is 0.415. The highest BCUT2D eigenvalue weighted by Crippen LogP contribution is 2.46. The van der Waals surface area contributed by atoms with Gasteiger partial charge in [-0.25, -0.2) is 4.79 Å². The molecule has 168 valence electrons. The highest BCUT2D eigenvalue weighted by molar-refractivity contribution is 7.10. The predicted octanol–water partition coefficient (Wildman–Crippen LogP) is 6.44. The number of allylic oxidation sites excluding steroid dienone is 3. The van der Waals surface area contributed by atoms with Crippen LogP contribution in [-0.2, 0) is 14.3 Å². The van der Waals surface area contributed by atoms with Crippen LogP contribution in [0, 0.1) is 0 Å². The number of esters is 1. The van der Waals surface area contributed by atoms with Crippen molar-refractivity contribution in [3.05, 3.63) is 67.3 Å². The summed E-state index contributed by atoms with van der Waals surface area (Å²) in [5.41, 5.74) is 4.17. The molecule has 6 heteroatoms. The normalized spacial score (nSPS) is 24.7. The van der Waals surface area contributed by atoms with E-state index in [1.54, 1.807) is 22.7 Å². The summed E-state index contributed by atoms with van der Waals surface area (Å²) < 4.78 is 6.04. The third-order valence-corrected chi connectivity index (χ3v) is 8.68. The first kappa shape index (κ1) is 21.7. The predicted molar refractivity (Wildman–Crippen MR) is 129 cm³/mol. The fraction of sp³-hybridized carbons (Fsp3) is 0.462. The average Bonchev–Trinajstić information content (AvgIpc) is 3.44. The number of dihydropyridines is 1. The largest absolute Gasteiger partial charge is 0.459 e. The number of hydrogen-bond acceptors (Lipinski definition) is 6. The van der Waals surface area contributed by atoms with Crippen molar-refractivity contribution in [2.75, 3.05) is 0 Å². The van der Waals surface area contributed by atoms with E-state index in [4.69, 9.17) is 4.74 Å². The first-order valence-electron chi connectivity index (χ1n) is 11.6. The van der Waals surface area contributed by atoms with E-state index in [1.165, 1.54) is 17.7 Å². The van der Waals surface area contributed by atoms with Crippen molar-refractivity contribution >= 4 is 34.4 Å². The standard InChI is InChI=1S/C26H29NO3S2/c1-16-23(26(29)30-19-7-4-2-3-5-8-19)24(17-10-12-31-15-17)25-20(27-16)13-18(14-21(25)28)22-9-6-11-32-22/h6,9-12,15,18-19,24,27H,2-5,7-8,13-14H2,1H3/t18-,24+/m1/s1. The maximum atomic E-state index is 13.5. The molecule has 0 saturated heterocycles. The molecule has 32 heavy (non-hydrogen) atoms. The number of carbonyl (C=O) groups excluding carboxylic acids is 2. The van der Waals surface area contributed by atoms with Crippen LogP contribution in [-0.4, -0.2) is 17.9 Å². The van der Waals surface area contributed by atoms with Gasteiger partial charge in [0.15, 0.2) is 5.78 Å². The summed E-state index contributed by atoms with van der Waals surface area (Å²) in [4.78, 5) is 28.2. The number of hydrogen-bond donors (Lipinski definition) is 1. The van der Waals surface area contributed by atoms with Crippen molar-refractivity contribution in [1.82, 2.24) is 5.32 Å². The topological polar surface area (TPSA) is 55.4 Å². The van der Waals surface area contributed by atoms with Crippen molar-refractivity contribution in [2.24, 2.45) is 0 Å². The van der Waals surface area contributed by atoms with E-state index in [-0.39, 0.29) is 29.7 Å². The van der Waals surface area contributed by atoms with Crippen LogP contribution < -0.4 is 5.32 Å². The van der Waals surface area contributed by atoms with Crippen LogP contribution in [0.5, 0.6) is 0 Å². The highest BCUT2D eigenvalue weighted by Gasteiger charge is 2.42. The Kier molecular flexibility index (Phi) is 6.33. The van der Waals surface area contributed by atoms with E-state index in [2.05, 4.69) is 22.1 Å². The van der Waals surface area contributed by atoms with Gasteiger partial charge in [0.25, 0.3) is 0 Å². The summed E-state index contributed by atoms with van der Waals surface area (Å²) in [5.74, 6) is -0.268. The maximum absolute atomic E-state index is 13.5. The van der Waals surface area contributed by atoms with E-state index < -0.39 is 0 Å². The number of rotatable bonds is 4. The van der Waals surface area contributed by atoms with Gasteiger partial charge in [0.1, 0.15) is 6.10 Å². The van der Waals surface area contributed by atoms with Gasteiger partial charge in [-0.1, -0.05) is 18.9 Å². The Morgan fingerprint density at radius 3 is 2.59 bits per heavy atom. The van der Waals surface area contributed by atoms with Crippen LogP contribution in [0.15, 0.2) is 56.9 Å². The molecule has 3 heterocycles. The molecule has 1 fully saturated rings. The lowest BCUT2D eigenvalue weighted by Gasteiger charge is -2.36. The van der Waals surface area contributed by atoms with Gasteiger partial charge in [-0.2, -0.15) is 11.3 Å². The van der Waals surface area contributed by atoms with Gasteiger partial charge >= 0.3 is 5.97 Å². The molecule has 4 nitrogen and oxygen atoms in total. The van der Waals surface area contributed by atoms with Crippen LogP contribution in [0.3, 0.4) is 0 Å². The molecule has 3 aliphatic rings. The molecule has 0 radical (unpaired) electrons. The molecule has 0 amide bonds. The maximum Gasteiger partial charge on any atom is 0.337 e. The molecular weight excluding hydrogens is 438 g/mol. The fourth-order valence-corrected chi connectivity index (χ4v) is 6.90. The Bertz CT molecular complexity index is 1040. The Hall–Kier alpha value is -2.18. The van der Waals surface area contributed by atoms with Gasteiger partial charge < -0.3 is 10.1 Å². The van der Waals surface area contributed by atoms with Gasteiger partial charge in [0.05, 0.1) is 5.57 Å². The molecular formula is C26H29NO3S2. The Labute approximate surface area is 197 Å². The fourth-order valence-electron chi connectivity index (χ4n) is 5.38. The van der Waals surface area contributed by atoms with Crippen molar-refractivity contribution in [1.29, 1.82) is 0 Å². The van der Waals surface area contributed by atoms with Gasteiger partial charge in [-0.15, -0.1) is 11.3 Å². The number of ether oxygens (including phenoxy) is 1. The molecule has 5 rings (SSSR count). The minimum absolute atomic E-state index is 0.0194. The average molecular weight is 468 g/mol. The summed E-state index contributed by atoms with van der Waals surface area (Å²) >= 11 is 3.31. The van der Waals surface area contributed by atoms with Gasteiger partial charge in [-0.3, -0.25) is 4.79 Å². The van der Waals surface area contributed by atoms with Crippen LogP contribution >= 0.6 is 22.7 Å². The number of nitrogens with one attached hydrogen (secondary N) is 1. The second-order valence-corrected chi connectivity index (χ2v) is 10.9. The van der Waals surface area contributed by atoms with E-state index in [9.17, 15) is 9.59 Å². The molecule has 0 aromatic carbocycles. The second-order valence-electron chi connectivity index (χ2n) is 9.11. The van der Waals surface area contributed by atoms with Gasteiger partial charge in [0.2, 0.25) is 0 Å². The van der Waals surface area contributed by atoms with Crippen molar-refractivity contribution in [2.45, 2.75) is 76.2 Å². The number of carbonyl (C=O) groups is 2. The van der Waals surface area contributed by atoms with Crippen LogP contribution in [0.4, 0.5) is 0 Å². The SMILES string of the molecule is CC1=C(C(=O)OC2CCCCCC2)[C@H](c2ccsc2)C2=C(C[C@@H](c3cccs3)CC2=O)N1. The molecule has 0 spiro atoms. The zero-order valence-electron chi connectivity index (χ0n) is 18.4. The molecule has 2 aromatic heterocycles. The van der Waals surface area contributed by atoms with Crippen LogP contribution in [0.1, 0.15) is 80.6 Å². The molecule has 2 atom stereocenters. The lowest BCUT2D eigenvalue weighted by Crippen LogP contribution is -2.36. The van der Waals surface area contributed by atoms with Crippen molar-refractivity contribution < 1.29 is 14.3 Å². The van der Waals surface area contributed by atoms with Gasteiger partial charge in [0, 0.05) is 40.1 Å². The highest BCUT2D eigenvalue weighted by atomic mass is 32.1. The second kappa shape index (κ2) is 9.36. The molecule has 0 bridgehead atoms. The van der Waals surface area contributed by atoms with Crippen molar-refractivity contribution in [3.8, 4) is 0 Å². The lowest BCUT2D eigenvalue weighted by atomic mass is 9.73. The summed E-state index contributed by atoms with van der Waals surface area (Å²) in [6.45, 7) is 1.95. The van der Waals surface area contributed by atoms with E-state index in [1.807, 2.05) is 24.4 Å². The van der Waals surface area contributed by atoms with E-state index in [0.717, 1.165) is 54.6 Å². The molecule has 1 aliphatic heterocycles. The molecule has 1 saturated carbocycles. The molecule has 2 aliphatic carbocycles. The summed E-state index contributed by atoms with van der Waals surface area (Å²) in [7, 11) is 0. The number of ketones is 1. The van der Waals surface area contributed by atoms with Crippen LogP contribution in [0.25, 0.3) is 0 Å². The first-order chi connectivity index (χ1) is 15.6. The minimum Gasteiger partial charge on any atom is -0.459 e. The van der Waals surface area contributed by atoms with Gasteiger partial charge in [-0.05, 0) is 72.9 Å². The number of thiophene rings is 2. The Morgan fingerprint density at radius 2 is 1.91 bits per heavy atom. The number of Topliss-reactive ketones (excluding diaryl/α,β-unsaturated/α-hetero) is 1. The zero-order valence-corrected chi connectivity index (χ0v) is 20.0. The summed E-state index contributed by atoms with van der Waals surface area (Å²) in [6.07, 6.45) is 7.79. The van der Waals surface area contributed by atoms with Crippen LogP contribution in [0.2, 0.25) is 0 Å². The Balaban J connectivity index is 1.48. The van der Waals surface area contributed by atoms with E-state index in [0.29, 0.717) is 12.0 Å². The molecule has 0 unspecified atom stereocenters. The van der Waals surface area contributed by atoms with E-state index >= 15 is 0 Å². The molecule has 1 N–H and O–H groups in total. The zero-order chi connectivity index (χ0) is 22.1. The Morgan fingerprint density at radius 1 is 1.09 bits per heavy atom. The summed E-state index contributed by atoms with van der Waals surface area (Å²) in [5, 5.41) is 9.60. The monoisotopic (exact) mass is 467 g/mol. The third kappa shape index (κ3) is 4.23. The smallest absolute Gasteiger partial charge is 0.337 e. The first-order valence-corrected chi connectivity index (χ1v) is 13.4. The van der Waals surface area contributed by atoms with Crippen molar-refractivity contribution in [3.63, 3.8) is 0 Å². The third-order valence-electron chi connectivity index (χ3n) is 6.95. The lowest BCUT2D eigenvalue weighted by molar-refractivity contribution is -0.145. The summed E-state index contributed by atoms with van der Waals surface area (Å²) in [6, 6.07) is 6.20. The molecule has 2 aromatic rings. The minimum atomic E-state index is -0.340.